The molecule has 0 radical (unpaired) electrons. The van der Waals surface area contributed by atoms with Crippen molar-refractivity contribution in [3.8, 4) is 0 Å². The maximum Gasteiger partial charge on any atom is 0.306 e. The van der Waals surface area contributed by atoms with Gasteiger partial charge in [0.25, 0.3) is 0 Å². The maximum absolute atomic E-state index is 12.1. The highest BCUT2D eigenvalue weighted by Gasteiger charge is 2.38. The number of carbonyl (C=O) groups excluding carboxylic acids is 2. The van der Waals surface area contributed by atoms with Crippen LogP contribution in [0.1, 0.15) is 44.2 Å². The Bertz CT molecular complexity index is 552. The summed E-state index contributed by atoms with van der Waals surface area (Å²) in [5.41, 5.74) is 2.22. The average Bonchev–Trinajstić information content (AvgIpc) is 2.50. The quantitative estimate of drug-likeness (QED) is 0.784. The summed E-state index contributed by atoms with van der Waals surface area (Å²) < 4.78 is 5.18. The first-order chi connectivity index (χ1) is 10.9. The van der Waals surface area contributed by atoms with E-state index in [2.05, 4.69) is 31.2 Å². The molecule has 2 rings (SSSR count). The standard InChI is InChI=1S/C19H27NO3/c1-4-23-18(22)13-19(10-5-11-20(14-19)16(3)21)12-17-8-6-15(2)7-9-17/h6-9H,4-5,10-14H2,1-3H3. The van der Waals surface area contributed by atoms with Crippen LogP contribution in [0.2, 0.25) is 0 Å². The van der Waals surface area contributed by atoms with E-state index in [0.29, 0.717) is 19.6 Å². The zero-order valence-corrected chi connectivity index (χ0v) is 14.4. The van der Waals surface area contributed by atoms with E-state index in [4.69, 9.17) is 4.74 Å². The first-order valence-electron chi connectivity index (χ1n) is 8.41. The van der Waals surface area contributed by atoms with Crippen molar-refractivity contribution in [3.05, 3.63) is 35.4 Å². The number of amides is 1. The molecule has 0 aromatic heterocycles. The molecule has 4 heteroatoms. The Kier molecular flexibility index (Phi) is 5.80. The Hall–Kier alpha value is -1.84. The normalized spacial score (nSPS) is 21.1. The highest BCUT2D eigenvalue weighted by molar-refractivity contribution is 5.74. The number of benzene rings is 1. The van der Waals surface area contributed by atoms with Gasteiger partial charge in [0.05, 0.1) is 13.0 Å². The Morgan fingerprint density at radius 3 is 2.57 bits per heavy atom. The molecule has 1 aliphatic rings. The SMILES string of the molecule is CCOC(=O)CC1(Cc2ccc(C)cc2)CCCN(C(C)=O)C1. The molecule has 1 unspecified atom stereocenters. The molecule has 0 saturated carbocycles. The molecule has 126 valence electrons. The number of aryl methyl sites for hydroxylation is 1. The van der Waals surface area contributed by atoms with Gasteiger partial charge in [-0.05, 0) is 38.7 Å². The van der Waals surface area contributed by atoms with Crippen molar-refractivity contribution in [2.45, 2.75) is 46.5 Å². The van der Waals surface area contributed by atoms with Gasteiger partial charge in [-0.3, -0.25) is 9.59 Å². The number of hydrogen-bond acceptors (Lipinski definition) is 3. The molecular weight excluding hydrogens is 290 g/mol. The molecule has 1 fully saturated rings. The van der Waals surface area contributed by atoms with Gasteiger partial charge in [-0.1, -0.05) is 29.8 Å². The van der Waals surface area contributed by atoms with Gasteiger partial charge in [0.15, 0.2) is 0 Å². The molecule has 1 aliphatic heterocycles. The molecule has 0 spiro atoms. The highest BCUT2D eigenvalue weighted by Crippen LogP contribution is 2.37. The van der Waals surface area contributed by atoms with Crippen molar-refractivity contribution in [3.63, 3.8) is 0 Å². The van der Waals surface area contributed by atoms with E-state index >= 15 is 0 Å². The van der Waals surface area contributed by atoms with Gasteiger partial charge in [0.1, 0.15) is 0 Å². The summed E-state index contributed by atoms with van der Waals surface area (Å²) >= 11 is 0. The minimum atomic E-state index is -0.217. The van der Waals surface area contributed by atoms with Crippen LogP contribution in [0.25, 0.3) is 0 Å². The summed E-state index contributed by atoms with van der Waals surface area (Å²) in [5, 5.41) is 0. The molecule has 1 aromatic carbocycles. The van der Waals surface area contributed by atoms with Gasteiger partial charge in [0.2, 0.25) is 5.91 Å². The zero-order chi connectivity index (χ0) is 16.9. The van der Waals surface area contributed by atoms with Gasteiger partial charge in [-0.15, -0.1) is 0 Å². The number of likely N-dealkylation sites (tertiary alicyclic amines) is 1. The monoisotopic (exact) mass is 317 g/mol. The molecule has 4 nitrogen and oxygen atoms in total. The second-order valence-corrected chi connectivity index (χ2v) is 6.69. The Balaban J connectivity index is 2.21. The number of ether oxygens (including phenoxy) is 1. The van der Waals surface area contributed by atoms with Gasteiger partial charge < -0.3 is 9.64 Å². The summed E-state index contributed by atoms with van der Waals surface area (Å²) in [6, 6.07) is 8.43. The minimum absolute atomic E-state index is 0.0850. The van der Waals surface area contributed by atoms with E-state index in [0.717, 1.165) is 25.8 Å². The molecule has 1 amide bonds. The first-order valence-corrected chi connectivity index (χ1v) is 8.41. The molecule has 0 N–H and O–H groups in total. The summed E-state index contributed by atoms with van der Waals surface area (Å²) in [7, 11) is 0. The fourth-order valence-electron chi connectivity index (χ4n) is 3.48. The second-order valence-electron chi connectivity index (χ2n) is 6.69. The van der Waals surface area contributed by atoms with E-state index in [1.807, 2.05) is 11.8 Å². The van der Waals surface area contributed by atoms with Crippen molar-refractivity contribution in [2.24, 2.45) is 5.41 Å². The lowest BCUT2D eigenvalue weighted by Gasteiger charge is -2.42. The number of esters is 1. The predicted molar refractivity (Wildman–Crippen MR) is 90.1 cm³/mol. The fourth-order valence-corrected chi connectivity index (χ4v) is 3.48. The van der Waals surface area contributed by atoms with Crippen LogP contribution in [-0.2, 0) is 20.7 Å². The van der Waals surface area contributed by atoms with Crippen LogP contribution in [0.5, 0.6) is 0 Å². The lowest BCUT2D eigenvalue weighted by atomic mass is 9.72. The van der Waals surface area contributed by atoms with Crippen molar-refractivity contribution >= 4 is 11.9 Å². The number of rotatable bonds is 5. The Labute approximate surface area is 138 Å². The van der Waals surface area contributed by atoms with Crippen LogP contribution in [0, 0.1) is 12.3 Å². The second kappa shape index (κ2) is 7.62. The van der Waals surface area contributed by atoms with Crippen molar-refractivity contribution < 1.29 is 14.3 Å². The highest BCUT2D eigenvalue weighted by atomic mass is 16.5. The van der Waals surface area contributed by atoms with Gasteiger partial charge in [-0.25, -0.2) is 0 Å². The summed E-state index contributed by atoms with van der Waals surface area (Å²) in [6.07, 6.45) is 3.06. The van der Waals surface area contributed by atoms with E-state index < -0.39 is 0 Å². The van der Waals surface area contributed by atoms with Crippen LogP contribution >= 0.6 is 0 Å². The average molecular weight is 317 g/mol. The van der Waals surface area contributed by atoms with E-state index in [-0.39, 0.29) is 17.3 Å². The maximum atomic E-state index is 12.1. The van der Waals surface area contributed by atoms with Crippen LogP contribution < -0.4 is 0 Å². The van der Waals surface area contributed by atoms with Gasteiger partial charge >= 0.3 is 5.97 Å². The van der Waals surface area contributed by atoms with E-state index in [1.165, 1.54) is 11.1 Å². The largest absolute Gasteiger partial charge is 0.466 e. The van der Waals surface area contributed by atoms with Gasteiger partial charge in [-0.2, -0.15) is 0 Å². The zero-order valence-electron chi connectivity index (χ0n) is 14.4. The summed E-state index contributed by atoms with van der Waals surface area (Å²) in [4.78, 5) is 25.8. The third-order valence-electron chi connectivity index (χ3n) is 4.63. The summed E-state index contributed by atoms with van der Waals surface area (Å²) in [5.74, 6) is -0.0770. The molecule has 1 aromatic rings. The molecule has 23 heavy (non-hydrogen) atoms. The Morgan fingerprint density at radius 1 is 1.26 bits per heavy atom. The lowest BCUT2D eigenvalue weighted by Crippen LogP contribution is -2.47. The molecule has 0 aliphatic carbocycles. The third kappa shape index (κ3) is 4.81. The van der Waals surface area contributed by atoms with Crippen LogP contribution in [0.15, 0.2) is 24.3 Å². The third-order valence-corrected chi connectivity index (χ3v) is 4.63. The van der Waals surface area contributed by atoms with Crippen LogP contribution in [0.3, 0.4) is 0 Å². The number of piperidine rings is 1. The molecule has 0 bridgehead atoms. The molecule has 1 saturated heterocycles. The fraction of sp³-hybridized carbons (Fsp3) is 0.579. The van der Waals surface area contributed by atoms with Crippen molar-refractivity contribution in [1.82, 2.24) is 4.90 Å². The van der Waals surface area contributed by atoms with Crippen LogP contribution in [-0.4, -0.2) is 36.5 Å². The van der Waals surface area contributed by atoms with Crippen molar-refractivity contribution in [2.75, 3.05) is 19.7 Å². The smallest absolute Gasteiger partial charge is 0.306 e. The topological polar surface area (TPSA) is 46.6 Å². The number of nitrogens with zero attached hydrogens (tertiary/aromatic N) is 1. The van der Waals surface area contributed by atoms with Crippen LogP contribution in [0.4, 0.5) is 0 Å². The molecular formula is C19H27NO3. The van der Waals surface area contributed by atoms with E-state index in [9.17, 15) is 9.59 Å². The first kappa shape index (κ1) is 17.5. The number of hydrogen-bond donors (Lipinski definition) is 0. The lowest BCUT2D eigenvalue weighted by molar-refractivity contribution is -0.148. The predicted octanol–water partition coefficient (Wildman–Crippen LogP) is 3.12. The van der Waals surface area contributed by atoms with E-state index in [1.54, 1.807) is 6.92 Å². The summed E-state index contributed by atoms with van der Waals surface area (Å²) in [6.45, 7) is 7.31. The Morgan fingerprint density at radius 2 is 1.96 bits per heavy atom. The molecule has 1 atom stereocenters. The minimum Gasteiger partial charge on any atom is -0.466 e. The number of carbonyl (C=O) groups is 2. The van der Waals surface area contributed by atoms with Crippen molar-refractivity contribution in [1.29, 1.82) is 0 Å². The van der Waals surface area contributed by atoms with Gasteiger partial charge in [0, 0.05) is 25.4 Å². The molecule has 1 heterocycles.